The molecule has 23 heavy (non-hydrogen) atoms. The fourth-order valence-corrected chi connectivity index (χ4v) is 2.41. The molecule has 0 saturated carbocycles. The summed E-state index contributed by atoms with van der Waals surface area (Å²) in [6, 6.07) is 21.9. The van der Waals surface area contributed by atoms with Crippen LogP contribution in [-0.2, 0) is 0 Å². The summed E-state index contributed by atoms with van der Waals surface area (Å²) < 4.78 is 0. The molecule has 3 rings (SSSR count). The summed E-state index contributed by atoms with van der Waals surface area (Å²) in [7, 11) is 0. The van der Waals surface area contributed by atoms with Gasteiger partial charge in [0.1, 0.15) is 5.75 Å². The van der Waals surface area contributed by atoms with Crippen molar-refractivity contribution in [3.05, 3.63) is 83.7 Å². The maximum Gasteiger partial charge on any atom is 0.187 e. The third-order valence-electron chi connectivity index (χ3n) is 3.59. The van der Waals surface area contributed by atoms with Gasteiger partial charge >= 0.3 is 0 Å². The molecule has 0 unspecified atom stereocenters. The van der Waals surface area contributed by atoms with E-state index in [9.17, 15) is 5.11 Å². The van der Waals surface area contributed by atoms with Gasteiger partial charge in [-0.1, -0.05) is 36.4 Å². The van der Waals surface area contributed by atoms with Crippen LogP contribution in [0.25, 0.3) is 27.1 Å². The molecule has 0 aliphatic rings. The first-order chi connectivity index (χ1) is 11.2. The van der Waals surface area contributed by atoms with Crippen LogP contribution in [0.2, 0.25) is 0 Å². The van der Waals surface area contributed by atoms with E-state index in [0.29, 0.717) is 11.3 Å². The van der Waals surface area contributed by atoms with Gasteiger partial charge in [0.15, 0.2) is 5.69 Å². The molecule has 0 aliphatic heterocycles. The molecule has 0 bridgehead atoms. The van der Waals surface area contributed by atoms with Crippen molar-refractivity contribution in [1.82, 2.24) is 0 Å². The van der Waals surface area contributed by atoms with E-state index in [1.165, 1.54) is 0 Å². The molecule has 0 aliphatic carbocycles. The predicted octanol–water partition coefficient (Wildman–Crippen LogP) is 5.15. The molecule has 0 saturated heterocycles. The van der Waals surface area contributed by atoms with E-state index < -0.39 is 0 Å². The number of hydrogen-bond acceptors (Lipinski definition) is 2. The summed E-state index contributed by atoms with van der Waals surface area (Å²) in [5, 5.41) is 18.9. The lowest BCUT2D eigenvalue weighted by molar-refractivity contribution is 0.476. The van der Waals surface area contributed by atoms with Crippen LogP contribution in [0.5, 0.6) is 5.75 Å². The van der Waals surface area contributed by atoms with Gasteiger partial charge in [0, 0.05) is 0 Å². The first kappa shape index (κ1) is 14.4. The Balaban J connectivity index is 2.04. The Morgan fingerprint density at radius 1 is 0.783 bits per heavy atom. The summed E-state index contributed by atoms with van der Waals surface area (Å²) >= 11 is 0. The van der Waals surface area contributed by atoms with E-state index in [1.54, 1.807) is 36.4 Å². The lowest BCUT2D eigenvalue weighted by Gasteiger charge is -2.08. The fourth-order valence-electron chi connectivity index (χ4n) is 2.41. The van der Waals surface area contributed by atoms with Crippen LogP contribution < -0.4 is 0 Å². The number of aromatic hydroxyl groups is 1. The molecule has 0 spiro atoms. The second-order valence-corrected chi connectivity index (χ2v) is 5.12. The highest BCUT2D eigenvalue weighted by Gasteiger charge is 2.05. The first-order valence-corrected chi connectivity index (χ1v) is 7.02. The van der Waals surface area contributed by atoms with Crippen molar-refractivity contribution in [3.8, 4) is 34.1 Å². The Morgan fingerprint density at radius 3 is 1.78 bits per heavy atom. The number of rotatable bonds is 2. The molecule has 0 atom stereocenters. The van der Waals surface area contributed by atoms with Gasteiger partial charge in [-0.3, -0.25) is 0 Å². The molecule has 3 aromatic carbocycles. The highest BCUT2D eigenvalue weighted by atomic mass is 16.3. The van der Waals surface area contributed by atoms with E-state index in [2.05, 4.69) is 10.9 Å². The van der Waals surface area contributed by atoms with Crippen molar-refractivity contribution in [3.63, 3.8) is 0 Å². The molecule has 0 amide bonds. The number of benzene rings is 3. The lowest BCUT2D eigenvalue weighted by Crippen LogP contribution is -1.83. The second-order valence-electron chi connectivity index (χ2n) is 5.12. The summed E-state index contributed by atoms with van der Waals surface area (Å²) in [6.45, 7) is 6.99. The third-order valence-corrected chi connectivity index (χ3v) is 3.59. The van der Waals surface area contributed by atoms with Gasteiger partial charge in [0.25, 0.3) is 0 Å². The Bertz CT molecular complexity index is 852. The van der Waals surface area contributed by atoms with Crippen molar-refractivity contribution in [2.75, 3.05) is 0 Å². The molecular weight excluding hydrogens is 284 g/mol. The Kier molecular flexibility index (Phi) is 3.78. The molecule has 0 radical (unpaired) electrons. The quantitative estimate of drug-likeness (QED) is 0.665. The summed E-state index contributed by atoms with van der Waals surface area (Å²) in [5.41, 5.74) is 4.80. The molecule has 3 aromatic rings. The standard InChI is InChI=1S/C20H12N2O/c1-22-19-8-6-16(7-9-19)18-10-17(11-20(23)12-18)15-4-2-14(13-21)3-5-15/h2-12,23H. The van der Waals surface area contributed by atoms with E-state index in [1.807, 2.05) is 30.3 Å². The van der Waals surface area contributed by atoms with Crippen LogP contribution in [-0.4, -0.2) is 5.11 Å². The smallest absolute Gasteiger partial charge is 0.187 e. The zero-order valence-electron chi connectivity index (χ0n) is 12.2. The van der Waals surface area contributed by atoms with Crippen LogP contribution >= 0.6 is 0 Å². The van der Waals surface area contributed by atoms with Gasteiger partial charge in [-0.05, 0) is 52.6 Å². The maximum absolute atomic E-state index is 10.0. The molecule has 108 valence electrons. The predicted molar refractivity (Wildman–Crippen MR) is 90.0 cm³/mol. The molecule has 0 fully saturated rings. The minimum absolute atomic E-state index is 0.177. The van der Waals surface area contributed by atoms with Crippen LogP contribution in [0.3, 0.4) is 0 Å². The summed E-state index contributed by atoms with van der Waals surface area (Å²) in [5.74, 6) is 0.177. The Hall–Kier alpha value is -3.56. The van der Waals surface area contributed by atoms with E-state index >= 15 is 0 Å². The topological polar surface area (TPSA) is 48.4 Å². The van der Waals surface area contributed by atoms with E-state index in [-0.39, 0.29) is 5.75 Å². The van der Waals surface area contributed by atoms with Crippen LogP contribution in [0.15, 0.2) is 66.7 Å². The van der Waals surface area contributed by atoms with Crippen molar-refractivity contribution >= 4 is 5.69 Å². The van der Waals surface area contributed by atoms with Gasteiger partial charge in [-0.2, -0.15) is 5.26 Å². The van der Waals surface area contributed by atoms with Gasteiger partial charge in [-0.15, -0.1) is 0 Å². The molecular formula is C20H12N2O. The van der Waals surface area contributed by atoms with Crippen molar-refractivity contribution in [2.24, 2.45) is 0 Å². The first-order valence-electron chi connectivity index (χ1n) is 7.02. The van der Waals surface area contributed by atoms with Crippen LogP contribution in [0.1, 0.15) is 5.56 Å². The lowest BCUT2D eigenvalue weighted by atomic mass is 9.98. The zero-order valence-corrected chi connectivity index (χ0v) is 12.2. The fraction of sp³-hybridized carbons (Fsp3) is 0. The normalized spacial score (nSPS) is 9.83. The zero-order chi connectivity index (χ0) is 16.2. The van der Waals surface area contributed by atoms with Gasteiger partial charge < -0.3 is 5.11 Å². The SMILES string of the molecule is [C-]#[N+]c1ccc(-c2cc(O)cc(-c3ccc(C#N)cc3)c2)cc1. The van der Waals surface area contributed by atoms with Crippen LogP contribution in [0.4, 0.5) is 5.69 Å². The number of phenols is 1. The average Bonchev–Trinajstić information content (AvgIpc) is 2.61. The number of nitrogens with zero attached hydrogens (tertiary/aromatic N) is 2. The molecule has 3 nitrogen and oxygen atoms in total. The average molecular weight is 296 g/mol. The van der Waals surface area contributed by atoms with Crippen molar-refractivity contribution in [1.29, 1.82) is 5.26 Å². The van der Waals surface area contributed by atoms with Gasteiger partial charge in [0.2, 0.25) is 0 Å². The molecule has 1 N–H and O–H groups in total. The van der Waals surface area contributed by atoms with Gasteiger partial charge in [0.05, 0.1) is 18.2 Å². The Morgan fingerprint density at radius 2 is 1.30 bits per heavy atom. The molecule has 3 heteroatoms. The van der Waals surface area contributed by atoms with Crippen molar-refractivity contribution < 1.29 is 5.11 Å². The highest BCUT2D eigenvalue weighted by molar-refractivity contribution is 5.76. The number of phenolic OH excluding ortho intramolecular Hbond substituents is 1. The molecule has 0 aromatic heterocycles. The van der Waals surface area contributed by atoms with Crippen molar-refractivity contribution in [2.45, 2.75) is 0 Å². The minimum Gasteiger partial charge on any atom is -0.508 e. The van der Waals surface area contributed by atoms with E-state index in [4.69, 9.17) is 11.8 Å². The van der Waals surface area contributed by atoms with E-state index in [0.717, 1.165) is 22.3 Å². The monoisotopic (exact) mass is 296 g/mol. The van der Waals surface area contributed by atoms with Crippen LogP contribution in [0, 0.1) is 17.9 Å². The highest BCUT2D eigenvalue weighted by Crippen LogP contribution is 2.31. The van der Waals surface area contributed by atoms with Gasteiger partial charge in [-0.25, -0.2) is 4.85 Å². The molecule has 0 heterocycles. The maximum atomic E-state index is 10.0. The number of nitriles is 1. The number of hydrogen-bond donors (Lipinski definition) is 1. The third kappa shape index (κ3) is 3.05. The second kappa shape index (κ2) is 6.05. The largest absolute Gasteiger partial charge is 0.508 e. The minimum atomic E-state index is 0.177. The summed E-state index contributed by atoms with van der Waals surface area (Å²) in [6.07, 6.45) is 0. The Labute approximate surface area is 134 Å². The summed E-state index contributed by atoms with van der Waals surface area (Å²) in [4.78, 5) is 3.38.